The van der Waals surface area contributed by atoms with Gasteiger partial charge in [0, 0.05) is 25.2 Å². The average Bonchev–Trinajstić information content (AvgIpc) is 2.86. The standard InChI is InChI=1S/C19H16N4O2S/c1-13(24)21-15-8-6-7-14(11-15)17-18(26-12-20)19(25)23(22(17)2)16-9-4-3-5-10-16/h3-11H,1-2H3,(H,21,24). The largest absolute Gasteiger partial charge is 0.326 e. The van der Waals surface area contributed by atoms with E-state index in [2.05, 4.69) is 5.32 Å². The van der Waals surface area contributed by atoms with Crippen molar-refractivity contribution < 1.29 is 4.79 Å². The first-order chi connectivity index (χ1) is 12.5. The summed E-state index contributed by atoms with van der Waals surface area (Å²) >= 11 is 0.837. The highest BCUT2D eigenvalue weighted by atomic mass is 32.2. The summed E-state index contributed by atoms with van der Waals surface area (Å²) in [5.74, 6) is -0.176. The summed E-state index contributed by atoms with van der Waals surface area (Å²) in [6.45, 7) is 1.44. The van der Waals surface area contributed by atoms with Gasteiger partial charge in [-0.3, -0.25) is 14.3 Å². The molecule has 1 heterocycles. The summed E-state index contributed by atoms with van der Waals surface area (Å²) in [7, 11) is 1.77. The minimum absolute atomic E-state index is 0.176. The van der Waals surface area contributed by atoms with E-state index in [-0.39, 0.29) is 11.5 Å². The molecule has 6 nitrogen and oxygen atoms in total. The molecule has 0 aliphatic rings. The molecule has 0 fully saturated rings. The van der Waals surface area contributed by atoms with E-state index in [9.17, 15) is 9.59 Å². The second kappa shape index (κ2) is 7.33. The van der Waals surface area contributed by atoms with Gasteiger partial charge in [0.2, 0.25) is 5.91 Å². The van der Waals surface area contributed by atoms with E-state index in [0.29, 0.717) is 22.0 Å². The fourth-order valence-electron chi connectivity index (χ4n) is 2.84. The number of thiocyanates is 1. The highest BCUT2D eigenvalue weighted by molar-refractivity contribution is 8.03. The van der Waals surface area contributed by atoms with E-state index in [4.69, 9.17) is 5.26 Å². The molecular formula is C19H16N4O2S. The Balaban J connectivity index is 2.23. The molecule has 1 aromatic heterocycles. The van der Waals surface area contributed by atoms with Gasteiger partial charge in [-0.05, 0) is 36.0 Å². The zero-order valence-electron chi connectivity index (χ0n) is 14.3. The molecule has 0 spiro atoms. The van der Waals surface area contributed by atoms with E-state index in [1.54, 1.807) is 29.9 Å². The number of nitrogens with one attached hydrogen (secondary N) is 1. The van der Waals surface area contributed by atoms with Crippen LogP contribution in [-0.2, 0) is 11.8 Å². The fraction of sp³-hybridized carbons (Fsp3) is 0.105. The van der Waals surface area contributed by atoms with Gasteiger partial charge in [-0.1, -0.05) is 30.3 Å². The first-order valence-corrected chi connectivity index (χ1v) is 8.66. The van der Waals surface area contributed by atoms with Gasteiger partial charge in [0.25, 0.3) is 5.56 Å². The number of hydrogen-bond acceptors (Lipinski definition) is 4. The fourth-order valence-corrected chi connectivity index (χ4v) is 3.46. The highest BCUT2D eigenvalue weighted by Crippen LogP contribution is 2.31. The monoisotopic (exact) mass is 364 g/mol. The lowest BCUT2D eigenvalue weighted by Crippen LogP contribution is -2.19. The highest BCUT2D eigenvalue weighted by Gasteiger charge is 2.21. The van der Waals surface area contributed by atoms with Crippen molar-refractivity contribution in [3.8, 4) is 22.3 Å². The Morgan fingerprint density at radius 1 is 1.15 bits per heavy atom. The predicted octanol–water partition coefficient (Wildman–Crippen LogP) is 3.37. The van der Waals surface area contributed by atoms with Gasteiger partial charge in [-0.25, -0.2) is 4.68 Å². The molecule has 3 aromatic rings. The number of nitrogens with zero attached hydrogens (tertiary/aromatic N) is 3. The van der Waals surface area contributed by atoms with Gasteiger partial charge in [0.15, 0.2) is 0 Å². The van der Waals surface area contributed by atoms with Crippen molar-refractivity contribution in [2.24, 2.45) is 7.05 Å². The lowest BCUT2D eigenvalue weighted by atomic mass is 10.1. The maximum absolute atomic E-state index is 12.9. The van der Waals surface area contributed by atoms with Crippen molar-refractivity contribution in [1.29, 1.82) is 5.26 Å². The molecule has 1 amide bonds. The number of hydrogen-bond donors (Lipinski definition) is 1. The number of aromatic nitrogens is 2. The molecule has 0 radical (unpaired) electrons. The molecule has 130 valence electrons. The number of anilines is 1. The van der Waals surface area contributed by atoms with Gasteiger partial charge in [0.05, 0.1) is 11.4 Å². The smallest absolute Gasteiger partial charge is 0.286 e. The van der Waals surface area contributed by atoms with Crippen LogP contribution < -0.4 is 10.9 Å². The third-order valence-electron chi connectivity index (χ3n) is 3.83. The topological polar surface area (TPSA) is 79.8 Å². The molecule has 0 saturated carbocycles. The van der Waals surface area contributed by atoms with E-state index in [0.717, 1.165) is 17.3 Å². The van der Waals surface area contributed by atoms with Crippen LogP contribution >= 0.6 is 11.8 Å². The minimum Gasteiger partial charge on any atom is -0.326 e. The van der Waals surface area contributed by atoms with Crippen LogP contribution in [0, 0.1) is 10.7 Å². The number of carbonyl (C=O) groups is 1. The molecule has 3 rings (SSSR count). The van der Waals surface area contributed by atoms with Gasteiger partial charge in [-0.15, -0.1) is 0 Å². The number of carbonyl (C=O) groups excluding carboxylic acids is 1. The summed E-state index contributed by atoms with van der Waals surface area (Å²) < 4.78 is 3.25. The molecule has 0 saturated heterocycles. The number of thioether (sulfide) groups is 1. The summed E-state index contributed by atoms with van der Waals surface area (Å²) in [6, 6.07) is 16.4. The van der Waals surface area contributed by atoms with Gasteiger partial charge in [-0.2, -0.15) is 5.26 Å². The normalized spacial score (nSPS) is 10.3. The zero-order valence-corrected chi connectivity index (χ0v) is 15.1. The molecule has 0 unspecified atom stereocenters. The van der Waals surface area contributed by atoms with Crippen LogP contribution in [0.5, 0.6) is 0 Å². The Hall–Kier alpha value is -3.24. The number of nitriles is 1. The summed E-state index contributed by atoms with van der Waals surface area (Å²) in [5.41, 5.74) is 2.44. The second-order valence-corrected chi connectivity index (χ2v) is 6.40. The van der Waals surface area contributed by atoms with Crippen molar-refractivity contribution in [3.63, 3.8) is 0 Å². The van der Waals surface area contributed by atoms with Crippen molar-refractivity contribution in [2.75, 3.05) is 5.32 Å². The van der Waals surface area contributed by atoms with Crippen LogP contribution in [0.3, 0.4) is 0 Å². The second-order valence-electron chi connectivity index (χ2n) is 5.61. The summed E-state index contributed by atoms with van der Waals surface area (Å²) in [6.07, 6.45) is 0. The van der Waals surface area contributed by atoms with Crippen molar-refractivity contribution in [3.05, 3.63) is 65.0 Å². The molecule has 2 aromatic carbocycles. The number of rotatable bonds is 4. The maximum atomic E-state index is 12.9. The SMILES string of the molecule is CC(=O)Nc1cccc(-c2c(SC#N)c(=O)n(-c3ccccc3)n2C)c1. The van der Waals surface area contributed by atoms with E-state index < -0.39 is 0 Å². The van der Waals surface area contributed by atoms with Gasteiger partial charge >= 0.3 is 0 Å². The van der Waals surface area contributed by atoms with Crippen LogP contribution in [0.1, 0.15) is 6.92 Å². The Bertz CT molecular complexity index is 1060. The lowest BCUT2D eigenvalue weighted by Gasteiger charge is -2.11. The Morgan fingerprint density at radius 3 is 2.54 bits per heavy atom. The quantitative estimate of drug-likeness (QED) is 0.568. The van der Waals surface area contributed by atoms with Crippen LogP contribution in [-0.4, -0.2) is 15.3 Å². The first-order valence-electron chi connectivity index (χ1n) is 7.84. The summed E-state index contributed by atoms with van der Waals surface area (Å²) in [5, 5.41) is 13.9. The third-order valence-corrected chi connectivity index (χ3v) is 4.49. The molecule has 1 N–H and O–H groups in total. The number of benzene rings is 2. The zero-order chi connectivity index (χ0) is 18.7. The maximum Gasteiger partial charge on any atom is 0.286 e. The minimum atomic E-state index is -0.259. The van der Waals surface area contributed by atoms with Gasteiger partial charge < -0.3 is 5.32 Å². The van der Waals surface area contributed by atoms with Crippen LogP contribution in [0.4, 0.5) is 5.69 Å². The Morgan fingerprint density at radius 2 is 1.88 bits per heavy atom. The van der Waals surface area contributed by atoms with Gasteiger partial charge in [0.1, 0.15) is 10.3 Å². The molecule has 0 atom stereocenters. The molecule has 0 bridgehead atoms. The molecule has 0 aliphatic carbocycles. The van der Waals surface area contributed by atoms with Crippen molar-refractivity contribution in [1.82, 2.24) is 9.36 Å². The Labute approximate surface area is 154 Å². The van der Waals surface area contributed by atoms with Crippen LogP contribution in [0.25, 0.3) is 16.9 Å². The first kappa shape index (κ1) is 17.6. The van der Waals surface area contributed by atoms with E-state index in [1.165, 1.54) is 11.6 Å². The number of para-hydroxylation sites is 1. The van der Waals surface area contributed by atoms with Crippen molar-refractivity contribution >= 4 is 23.4 Å². The molecular weight excluding hydrogens is 348 g/mol. The average molecular weight is 364 g/mol. The van der Waals surface area contributed by atoms with Crippen LogP contribution in [0.2, 0.25) is 0 Å². The molecule has 26 heavy (non-hydrogen) atoms. The Kier molecular flexibility index (Phi) is 4.96. The lowest BCUT2D eigenvalue weighted by molar-refractivity contribution is -0.114. The third kappa shape index (κ3) is 3.27. The van der Waals surface area contributed by atoms with Crippen molar-refractivity contribution in [2.45, 2.75) is 11.8 Å². The molecule has 0 aliphatic heterocycles. The number of amides is 1. The van der Waals surface area contributed by atoms with E-state index >= 15 is 0 Å². The molecule has 7 heteroatoms. The van der Waals surface area contributed by atoms with E-state index in [1.807, 2.05) is 41.8 Å². The summed E-state index contributed by atoms with van der Waals surface area (Å²) in [4.78, 5) is 24.6. The predicted molar refractivity (Wildman–Crippen MR) is 102 cm³/mol. The van der Waals surface area contributed by atoms with Crippen LogP contribution in [0.15, 0.2) is 64.3 Å².